The normalized spacial score (nSPS) is 11.2. The molecule has 0 aliphatic heterocycles. The molecule has 0 radical (unpaired) electrons. The Bertz CT molecular complexity index is 337. The maximum atomic E-state index is 10.4. The minimum absolute atomic E-state index is 0.235. The highest BCUT2D eigenvalue weighted by Gasteiger charge is 1.97. The van der Waals surface area contributed by atoms with Gasteiger partial charge in [0, 0.05) is 12.8 Å². The second-order valence-electron chi connectivity index (χ2n) is 6.58. The van der Waals surface area contributed by atoms with E-state index in [1.165, 1.54) is 64.2 Å². The van der Waals surface area contributed by atoms with Gasteiger partial charge in [-0.1, -0.05) is 76.4 Å². The van der Waals surface area contributed by atoms with Crippen molar-refractivity contribution < 1.29 is 19.8 Å². The van der Waals surface area contributed by atoms with Crippen LogP contribution in [0.15, 0.2) is 12.2 Å². The van der Waals surface area contributed by atoms with Crippen molar-refractivity contribution in [1.29, 1.82) is 0 Å². The Hall–Kier alpha value is -1.32. The maximum Gasteiger partial charge on any atom is 0.303 e. The Morgan fingerprint density at radius 3 is 1.33 bits per heavy atom. The van der Waals surface area contributed by atoms with E-state index in [2.05, 4.69) is 6.08 Å². The smallest absolute Gasteiger partial charge is 0.303 e. The molecule has 0 heterocycles. The van der Waals surface area contributed by atoms with Crippen LogP contribution in [0.2, 0.25) is 0 Å². The summed E-state index contributed by atoms with van der Waals surface area (Å²) in [5, 5.41) is 17.0. The molecule has 2 N–H and O–H groups in total. The average Bonchev–Trinajstić information content (AvgIpc) is 2.53. The van der Waals surface area contributed by atoms with Crippen molar-refractivity contribution in [3.8, 4) is 0 Å². The van der Waals surface area contributed by atoms with Gasteiger partial charge in [-0.3, -0.25) is 9.59 Å². The predicted molar refractivity (Wildman–Crippen MR) is 98.3 cm³/mol. The fraction of sp³-hybridized carbons (Fsp3) is 0.800. The highest BCUT2D eigenvalue weighted by Crippen LogP contribution is 2.13. The number of carboxylic acids is 2. The van der Waals surface area contributed by atoms with Crippen molar-refractivity contribution in [2.45, 2.75) is 103 Å². The molecule has 0 amide bonds. The fourth-order valence-corrected chi connectivity index (χ4v) is 2.75. The molecule has 24 heavy (non-hydrogen) atoms. The standard InChI is InChI=1S/C20H36O4/c21-19(22)17-15-13-11-9-7-5-3-1-2-4-6-8-10-12-14-16-18-20(23)24/h11,13H,1-10,12,14-18H2,(H,21,22)(H,23,24)/b13-11+. The lowest BCUT2D eigenvalue weighted by atomic mass is 10.0. The highest BCUT2D eigenvalue weighted by molar-refractivity contribution is 5.66. The lowest BCUT2D eigenvalue weighted by molar-refractivity contribution is -0.138. The van der Waals surface area contributed by atoms with Crippen LogP contribution < -0.4 is 0 Å². The van der Waals surface area contributed by atoms with Crippen molar-refractivity contribution in [1.82, 2.24) is 0 Å². The summed E-state index contributed by atoms with van der Waals surface area (Å²) in [7, 11) is 0. The summed E-state index contributed by atoms with van der Waals surface area (Å²) in [4.78, 5) is 20.7. The molecule has 0 aromatic rings. The fourth-order valence-electron chi connectivity index (χ4n) is 2.75. The lowest BCUT2D eigenvalue weighted by Crippen LogP contribution is -1.93. The van der Waals surface area contributed by atoms with Crippen LogP contribution >= 0.6 is 0 Å². The number of hydrogen-bond donors (Lipinski definition) is 2. The van der Waals surface area contributed by atoms with Gasteiger partial charge in [-0.05, 0) is 25.7 Å². The SMILES string of the molecule is O=C(O)CC/C=C/CCCCCCCCCCCCCCC(=O)O. The second-order valence-corrected chi connectivity index (χ2v) is 6.58. The Labute approximate surface area is 147 Å². The van der Waals surface area contributed by atoms with Gasteiger partial charge in [0.1, 0.15) is 0 Å². The first-order valence-electron chi connectivity index (χ1n) is 9.71. The van der Waals surface area contributed by atoms with E-state index in [1.54, 1.807) is 0 Å². The molecule has 0 spiro atoms. The Balaban J connectivity index is 3.07. The molecule has 0 atom stereocenters. The summed E-state index contributed by atoms with van der Waals surface area (Å²) in [6.45, 7) is 0. The van der Waals surface area contributed by atoms with Crippen LogP contribution in [0.3, 0.4) is 0 Å². The highest BCUT2D eigenvalue weighted by atomic mass is 16.4. The third kappa shape index (κ3) is 20.7. The molecule has 0 unspecified atom stereocenters. The lowest BCUT2D eigenvalue weighted by Gasteiger charge is -2.02. The zero-order valence-corrected chi connectivity index (χ0v) is 15.2. The topological polar surface area (TPSA) is 74.6 Å². The van der Waals surface area contributed by atoms with E-state index < -0.39 is 11.9 Å². The molecule has 0 saturated heterocycles. The van der Waals surface area contributed by atoms with Gasteiger partial charge >= 0.3 is 11.9 Å². The van der Waals surface area contributed by atoms with Crippen LogP contribution in [0.1, 0.15) is 103 Å². The van der Waals surface area contributed by atoms with E-state index in [4.69, 9.17) is 10.2 Å². The summed E-state index contributed by atoms with van der Waals surface area (Å²) < 4.78 is 0. The number of hydrogen-bond acceptors (Lipinski definition) is 2. The van der Waals surface area contributed by atoms with Gasteiger partial charge < -0.3 is 10.2 Å². The first kappa shape index (κ1) is 22.7. The molecule has 0 bridgehead atoms. The van der Waals surface area contributed by atoms with Gasteiger partial charge in [0.2, 0.25) is 0 Å². The van der Waals surface area contributed by atoms with Gasteiger partial charge in [-0.15, -0.1) is 0 Å². The van der Waals surface area contributed by atoms with E-state index in [0.29, 0.717) is 12.8 Å². The molecule has 4 nitrogen and oxygen atoms in total. The number of carbonyl (C=O) groups is 2. The van der Waals surface area contributed by atoms with Crippen molar-refractivity contribution in [3.63, 3.8) is 0 Å². The number of aliphatic carboxylic acids is 2. The van der Waals surface area contributed by atoms with Crippen molar-refractivity contribution in [2.24, 2.45) is 0 Å². The number of carboxylic acid groups (broad SMARTS) is 2. The molecule has 0 rings (SSSR count). The monoisotopic (exact) mass is 340 g/mol. The van der Waals surface area contributed by atoms with Crippen LogP contribution in [-0.4, -0.2) is 22.2 Å². The van der Waals surface area contributed by atoms with E-state index in [-0.39, 0.29) is 6.42 Å². The molecular formula is C20H36O4. The van der Waals surface area contributed by atoms with E-state index >= 15 is 0 Å². The van der Waals surface area contributed by atoms with Crippen LogP contribution in [0.25, 0.3) is 0 Å². The van der Waals surface area contributed by atoms with Crippen molar-refractivity contribution in [2.75, 3.05) is 0 Å². The molecular weight excluding hydrogens is 304 g/mol. The quantitative estimate of drug-likeness (QED) is 0.239. The molecule has 0 saturated carbocycles. The van der Waals surface area contributed by atoms with E-state index in [0.717, 1.165) is 19.3 Å². The largest absolute Gasteiger partial charge is 0.481 e. The van der Waals surface area contributed by atoms with Crippen molar-refractivity contribution >= 4 is 11.9 Å². The van der Waals surface area contributed by atoms with Crippen LogP contribution in [0, 0.1) is 0 Å². The molecule has 0 aliphatic carbocycles. The summed E-state index contributed by atoms with van der Waals surface area (Å²) in [6.07, 6.45) is 21.0. The van der Waals surface area contributed by atoms with Crippen LogP contribution in [0.5, 0.6) is 0 Å². The molecule has 0 aliphatic rings. The molecule has 140 valence electrons. The number of unbranched alkanes of at least 4 members (excludes halogenated alkanes) is 12. The Kier molecular flexibility index (Phi) is 17.0. The number of allylic oxidation sites excluding steroid dienone is 2. The van der Waals surface area contributed by atoms with Gasteiger partial charge in [0.15, 0.2) is 0 Å². The summed E-state index contributed by atoms with van der Waals surface area (Å²) >= 11 is 0. The number of rotatable bonds is 18. The Morgan fingerprint density at radius 2 is 0.875 bits per heavy atom. The third-order valence-electron chi connectivity index (χ3n) is 4.20. The average molecular weight is 341 g/mol. The first-order valence-corrected chi connectivity index (χ1v) is 9.71. The first-order chi connectivity index (χ1) is 11.6. The zero-order chi connectivity index (χ0) is 17.9. The summed E-state index contributed by atoms with van der Waals surface area (Å²) in [5.41, 5.74) is 0. The van der Waals surface area contributed by atoms with Gasteiger partial charge in [-0.2, -0.15) is 0 Å². The Morgan fingerprint density at radius 1 is 0.500 bits per heavy atom. The minimum atomic E-state index is -0.724. The zero-order valence-electron chi connectivity index (χ0n) is 15.2. The van der Waals surface area contributed by atoms with Crippen LogP contribution in [0.4, 0.5) is 0 Å². The van der Waals surface area contributed by atoms with Crippen molar-refractivity contribution in [3.05, 3.63) is 12.2 Å². The van der Waals surface area contributed by atoms with Gasteiger partial charge in [-0.25, -0.2) is 0 Å². The molecule has 4 heteroatoms. The molecule has 0 aromatic heterocycles. The third-order valence-corrected chi connectivity index (χ3v) is 4.20. The van der Waals surface area contributed by atoms with E-state index in [1.807, 2.05) is 6.08 Å². The maximum absolute atomic E-state index is 10.4. The van der Waals surface area contributed by atoms with Crippen LogP contribution in [-0.2, 0) is 9.59 Å². The minimum Gasteiger partial charge on any atom is -0.481 e. The molecule has 0 fully saturated rings. The van der Waals surface area contributed by atoms with Gasteiger partial charge in [0.05, 0.1) is 0 Å². The predicted octanol–water partition coefficient (Wildman–Crippen LogP) is 5.95. The second kappa shape index (κ2) is 18.0. The van der Waals surface area contributed by atoms with Gasteiger partial charge in [0.25, 0.3) is 0 Å². The summed E-state index contributed by atoms with van der Waals surface area (Å²) in [6, 6.07) is 0. The molecule has 0 aromatic carbocycles. The summed E-state index contributed by atoms with van der Waals surface area (Å²) in [5.74, 6) is -1.40. The van der Waals surface area contributed by atoms with E-state index in [9.17, 15) is 9.59 Å².